The van der Waals surface area contributed by atoms with Gasteiger partial charge in [-0.3, -0.25) is 4.57 Å². The maximum atomic E-state index is 11.3. The van der Waals surface area contributed by atoms with Crippen molar-refractivity contribution >= 4 is 13.7 Å². The molecule has 1 unspecified atom stereocenters. The zero-order valence-electron chi connectivity index (χ0n) is 10.6. The van der Waals surface area contributed by atoms with Gasteiger partial charge < -0.3 is 19.8 Å². The van der Waals surface area contributed by atoms with E-state index in [2.05, 4.69) is 5.32 Å². The lowest BCUT2D eigenvalue weighted by atomic mass is 10.3. The smallest absolute Gasteiger partial charge is 0.407 e. The lowest BCUT2D eigenvalue weighted by Gasteiger charge is -2.16. The maximum Gasteiger partial charge on any atom is 0.407 e. The van der Waals surface area contributed by atoms with Gasteiger partial charge in [0.1, 0.15) is 0 Å². The molecule has 0 aliphatic rings. The van der Waals surface area contributed by atoms with Crippen molar-refractivity contribution in [2.75, 3.05) is 12.7 Å². The fourth-order valence-corrected chi connectivity index (χ4v) is 2.25. The molecular formula is C11H18N2O5P+. The van der Waals surface area contributed by atoms with Crippen LogP contribution in [0.15, 0.2) is 30.6 Å². The van der Waals surface area contributed by atoms with Gasteiger partial charge in [0.25, 0.3) is 0 Å². The Morgan fingerprint density at radius 1 is 1.37 bits per heavy atom. The number of alkyl carbamates (subject to hydrolysis) is 1. The second kappa shape index (κ2) is 7.23. The van der Waals surface area contributed by atoms with Crippen molar-refractivity contribution in [2.45, 2.75) is 19.6 Å². The maximum absolute atomic E-state index is 11.3. The van der Waals surface area contributed by atoms with Gasteiger partial charge in [-0.25, -0.2) is 9.36 Å². The number of hydrogen-bond donors (Lipinski definition) is 3. The minimum absolute atomic E-state index is 0.184. The van der Waals surface area contributed by atoms with Gasteiger partial charge in [-0.2, -0.15) is 0 Å². The average molecular weight is 289 g/mol. The summed E-state index contributed by atoms with van der Waals surface area (Å²) in [5.74, 6) is 0. The van der Waals surface area contributed by atoms with E-state index in [1.165, 1.54) is 0 Å². The van der Waals surface area contributed by atoms with Gasteiger partial charge >= 0.3 is 13.7 Å². The number of rotatable bonds is 6. The van der Waals surface area contributed by atoms with Crippen LogP contribution >= 0.6 is 7.60 Å². The molecule has 0 saturated heterocycles. The molecular weight excluding hydrogens is 271 g/mol. The number of aromatic nitrogens is 1. The van der Waals surface area contributed by atoms with Gasteiger partial charge in [-0.05, 0) is 6.92 Å². The quantitative estimate of drug-likeness (QED) is 0.515. The highest BCUT2D eigenvalue weighted by Gasteiger charge is 2.27. The molecule has 7 nitrogen and oxygen atoms in total. The Bertz CT molecular complexity index is 448. The molecule has 0 saturated carbocycles. The van der Waals surface area contributed by atoms with Crippen LogP contribution in [0.3, 0.4) is 0 Å². The van der Waals surface area contributed by atoms with Crippen LogP contribution in [0.5, 0.6) is 0 Å². The van der Waals surface area contributed by atoms with Crippen molar-refractivity contribution in [3.63, 3.8) is 0 Å². The van der Waals surface area contributed by atoms with E-state index in [-0.39, 0.29) is 6.54 Å². The fourth-order valence-electron chi connectivity index (χ4n) is 1.53. The van der Waals surface area contributed by atoms with Crippen LogP contribution in [0.2, 0.25) is 0 Å². The molecule has 1 heterocycles. The van der Waals surface area contributed by atoms with E-state index in [1.807, 2.05) is 6.07 Å². The number of carbonyl (C=O) groups is 1. The summed E-state index contributed by atoms with van der Waals surface area (Å²) in [6, 6.07) is 5.38. The molecule has 3 N–H and O–H groups in total. The third-order valence-corrected chi connectivity index (χ3v) is 3.11. The molecule has 1 aromatic rings. The number of pyridine rings is 1. The van der Waals surface area contributed by atoms with Crippen molar-refractivity contribution < 1.29 is 28.5 Å². The Labute approximate surface area is 111 Å². The van der Waals surface area contributed by atoms with E-state index >= 15 is 0 Å². The highest BCUT2D eigenvalue weighted by molar-refractivity contribution is 7.51. The second-order valence-corrected chi connectivity index (χ2v) is 5.67. The number of ether oxygens (including phenoxy) is 1. The Kier molecular flexibility index (Phi) is 5.95. The molecule has 106 valence electrons. The number of nitrogens with one attached hydrogen (secondary N) is 1. The standard InChI is InChI=1S/C11H17N2O5P/c1-2-12-11(14)18-10(9-19(15,16)17)8-13-6-4-3-5-7-13/h3-7,10H,2,8-9H2,1H3,(H2-,12,14,15,16,17)/p+1. The zero-order chi connectivity index (χ0) is 14.3. The first kappa shape index (κ1) is 15.6. The summed E-state index contributed by atoms with van der Waals surface area (Å²) in [6.07, 6.45) is 1.38. The second-order valence-electron chi connectivity index (χ2n) is 3.98. The van der Waals surface area contributed by atoms with E-state index in [1.54, 1.807) is 36.0 Å². The molecule has 1 amide bonds. The van der Waals surface area contributed by atoms with Crippen LogP contribution in [-0.4, -0.2) is 34.7 Å². The predicted molar refractivity (Wildman–Crippen MR) is 67.5 cm³/mol. The summed E-state index contributed by atoms with van der Waals surface area (Å²) in [6.45, 7) is 2.30. The molecule has 8 heteroatoms. The third-order valence-electron chi connectivity index (χ3n) is 2.23. The zero-order valence-corrected chi connectivity index (χ0v) is 11.5. The first-order valence-corrected chi connectivity index (χ1v) is 7.63. The minimum Gasteiger partial charge on any atom is -0.439 e. The van der Waals surface area contributed by atoms with E-state index in [0.29, 0.717) is 6.54 Å². The van der Waals surface area contributed by atoms with Crippen molar-refractivity contribution in [2.24, 2.45) is 0 Å². The number of nitrogens with zero attached hydrogens (tertiary/aromatic N) is 1. The molecule has 19 heavy (non-hydrogen) atoms. The summed E-state index contributed by atoms with van der Waals surface area (Å²) >= 11 is 0. The van der Waals surface area contributed by atoms with Gasteiger partial charge in [0.2, 0.25) is 0 Å². The van der Waals surface area contributed by atoms with Gasteiger partial charge in [0.15, 0.2) is 25.0 Å². The van der Waals surface area contributed by atoms with Crippen molar-refractivity contribution in [3.8, 4) is 0 Å². The largest absolute Gasteiger partial charge is 0.439 e. The van der Waals surface area contributed by atoms with Crippen LogP contribution in [0.4, 0.5) is 4.79 Å². The van der Waals surface area contributed by atoms with Gasteiger partial charge in [0.05, 0.1) is 6.16 Å². The summed E-state index contributed by atoms with van der Waals surface area (Å²) < 4.78 is 17.7. The van der Waals surface area contributed by atoms with Crippen LogP contribution in [0.1, 0.15) is 6.92 Å². The van der Waals surface area contributed by atoms with Gasteiger partial charge in [-0.1, -0.05) is 6.07 Å². The Hall–Kier alpha value is -1.43. The summed E-state index contributed by atoms with van der Waals surface area (Å²) in [4.78, 5) is 29.3. The summed E-state index contributed by atoms with van der Waals surface area (Å²) in [5.41, 5.74) is 0. The lowest BCUT2D eigenvalue weighted by molar-refractivity contribution is -0.702. The molecule has 0 aliphatic carbocycles. The van der Waals surface area contributed by atoms with Crippen LogP contribution in [0.25, 0.3) is 0 Å². The Morgan fingerprint density at radius 2 is 2.00 bits per heavy atom. The summed E-state index contributed by atoms with van der Waals surface area (Å²) in [5, 5.41) is 2.42. The molecule has 1 atom stereocenters. The molecule has 0 spiro atoms. The average Bonchev–Trinajstić information content (AvgIpc) is 2.28. The predicted octanol–water partition coefficient (Wildman–Crippen LogP) is 0.266. The van der Waals surface area contributed by atoms with E-state index < -0.39 is 26.0 Å². The van der Waals surface area contributed by atoms with Crippen LogP contribution < -0.4 is 9.88 Å². The van der Waals surface area contributed by atoms with Crippen LogP contribution in [0, 0.1) is 0 Å². The Morgan fingerprint density at radius 3 is 2.53 bits per heavy atom. The third kappa shape index (κ3) is 6.91. The fraction of sp³-hybridized carbons (Fsp3) is 0.455. The van der Waals surface area contributed by atoms with Gasteiger partial charge in [0, 0.05) is 18.7 Å². The van der Waals surface area contributed by atoms with Crippen molar-refractivity contribution in [1.29, 1.82) is 0 Å². The SMILES string of the molecule is CCNC(=O)OC(C[n+]1ccccc1)CP(=O)(O)O. The number of carbonyl (C=O) groups excluding carboxylic acids is 1. The molecule has 0 bridgehead atoms. The van der Waals surface area contributed by atoms with Crippen molar-refractivity contribution in [1.82, 2.24) is 5.32 Å². The number of hydrogen-bond acceptors (Lipinski definition) is 3. The van der Waals surface area contributed by atoms with Crippen LogP contribution in [-0.2, 0) is 15.8 Å². The Balaban J connectivity index is 2.69. The normalized spacial score (nSPS) is 12.8. The number of amides is 1. The highest BCUT2D eigenvalue weighted by atomic mass is 31.2. The molecule has 1 rings (SSSR count). The van der Waals surface area contributed by atoms with E-state index in [4.69, 9.17) is 14.5 Å². The molecule has 1 aromatic heterocycles. The topological polar surface area (TPSA) is 99.7 Å². The molecule has 0 aromatic carbocycles. The molecule has 0 aliphatic heterocycles. The van der Waals surface area contributed by atoms with Crippen molar-refractivity contribution in [3.05, 3.63) is 30.6 Å². The molecule has 0 radical (unpaired) electrons. The first-order valence-electron chi connectivity index (χ1n) is 5.84. The van der Waals surface area contributed by atoms with E-state index in [0.717, 1.165) is 0 Å². The minimum atomic E-state index is -4.25. The monoisotopic (exact) mass is 289 g/mol. The van der Waals surface area contributed by atoms with E-state index in [9.17, 15) is 9.36 Å². The van der Waals surface area contributed by atoms with Gasteiger partial charge in [-0.15, -0.1) is 0 Å². The lowest BCUT2D eigenvalue weighted by Crippen LogP contribution is -2.43. The first-order chi connectivity index (χ1) is 8.90. The highest BCUT2D eigenvalue weighted by Crippen LogP contribution is 2.35. The molecule has 0 fully saturated rings. The summed E-state index contributed by atoms with van der Waals surface area (Å²) in [7, 11) is -4.25.